The van der Waals surface area contributed by atoms with E-state index in [1.807, 2.05) is 24.3 Å². The van der Waals surface area contributed by atoms with Gasteiger partial charge in [0.2, 0.25) is 0 Å². The first-order valence-corrected chi connectivity index (χ1v) is 9.69. The Bertz CT molecular complexity index is 1510. The fourth-order valence-corrected chi connectivity index (χ4v) is 3.69. The highest BCUT2D eigenvalue weighted by molar-refractivity contribution is 5.93. The molecular formula is C23H18FN5O2. The van der Waals surface area contributed by atoms with Gasteiger partial charge in [-0.2, -0.15) is 9.50 Å². The number of hydrogen-bond donors (Lipinski definition) is 0. The molecule has 0 radical (unpaired) electrons. The number of nitrogens with zero attached hydrogens (tertiary/aromatic N) is 5. The fourth-order valence-electron chi connectivity index (χ4n) is 3.69. The average Bonchev–Trinajstić information content (AvgIpc) is 3.15. The Morgan fingerprint density at radius 1 is 1.06 bits per heavy atom. The number of benzene rings is 2. The zero-order valence-corrected chi connectivity index (χ0v) is 16.9. The molecule has 0 unspecified atom stereocenters. The maximum absolute atomic E-state index is 14.2. The molecule has 0 saturated heterocycles. The lowest BCUT2D eigenvalue weighted by Gasteiger charge is -2.12. The first-order chi connectivity index (χ1) is 15.0. The van der Waals surface area contributed by atoms with E-state index in [9.17, 15) is 9.18 Å². The molecule has 3 aromatic heterocycles. The van der Waals surface area contributed by atoms with Crippen molar-refractivity contribution in [2.24, 2.45) is 0 Å². The Hall–Kier alpha value is -4.07. The molecular weight excluding hydrogens is 397 g/mol. The molecule has 0 aliphatic carbocycles. The minimum absolute atomic E-state index is 0.105. The van der Waals surface area contributed by atoms with Gasteiger partial charge in [0.15, 0.2) is 0 Å². The van der Waals surface area contributed by atoms with E-state index in [0.29, 0.717) is 39.5 Å². The molecule has 0 atom stereocenters. The van der Waals surface area contributed by atoms with E-state index in [2.05, 4.69) is 15.1 Å². The van der Waals surface area contributed by atoms with E-state index in [1.165, 1.54) is 10.6 Å². The van der Waals surface area contributed by atoms with Crippen LogP contribution in [0.2, 0.25) is 0 Å². The van der Waals surface area contributed by atoms with Crippen molar-refractivity contribution in [3.8, 4) is 17.0 Å². The minimum Gasteiger partial charge on any atom is -0.497 e. The Morgan fingerprint density at radius 3 is 2.71 bits per heavy atom. The summed E-state index contributed by atoms with van der Waals surface area (Å²) in [7, 11) is 1.58. The van der Waals surface area contributed by atoms with Crippen LogP contribution in [0, 0.1) is 12.7 Å². The average molecular weight is 415 g/mol. The Labute approximate surface area is 176 Å². The second-order valence-electron chi connectivity index (χ2n) is 7.16. The summed E-state index contributed by atoms with van der Waals surface area (Å²) >= 11 is 0. The summed E-state index contributed by atoms with van der Waals surface area (Å²) in [6, 6.07) is 15.5. The second-order valence-corrected chi connectivity index (χ2v) is 7.16. The van der Waals surface area contributed by atoms with Crippen LogP contribution in [0.4, 0.5) is 4.39 Å². The van der Waals surface area contributed by atoms with Gasteiger partial charge in [-0.3, -0.25) is 4.79 Å². The third kappa shape index (κ3) is 3.22. The molecule has 154 valence electrons. The zero-order chi connectivity index (χ0) is 21.5. The molecule has 0 aliphatic rings. The fraction of sp³-hybridized carbons (Fsp3) is 0.130. The third-order valence-electron chi connectivity index (χ3n) is 5.15. The molecule has 5 aromatic rings. The molecule has 7 nitrogen and oxygen atoms in total. The molecule has 2 aromatic carbocycles. The summed E-state index contributed by atoms with van der Waals surface area (Å²) < 4.78 is 22.6. The number of pyridine rings is 1. The number of fused-ring (bicyclic) bond motifs is 2. The molecule has 0 spiro atoms. The predicted molar refractivity (Wildman–Crippen MR) is 115 cm³/mol. The summed E-state index contributed by atoms with van der Waals surface area (Å²) in [4.78, 5) is 22.4. The van der Waals surface area contributed by atoms with Gasteiger partial charge >= 0.3 is 0 Å². The van der Waals surface area contributed by atoms with Gasteiger partial charge in [0, 0.05) is 17.3 Å². The van der Waals surface area contributed by atoms with Crippen molar-refractivity contribution in [1.82, 2.24) is 24.1 Å². The van der Waals surface area contributed by atoms with Crippen LogP contribution in [-0.2, 0) is 6.54 Å². The quantitative estimate of drug-likeness (QED) is 0.448. The number of halogens is 1. The normalized spacial score (nSPS) is 11.3. The van der Waals surface area contributed by atoms with Crippen LogP contribution < -0.4 is 10.3 Å². The van der Waals surface area contributed by atoms with E-state index in [1.54, 1.807) is 49.0 Å². The number of ether oxygens (including phenoxy) is 1. The highest BCUT2D eigenvalue weighted by Crippen LogP contribution is 2.29. The first-order valence-electron chi connectivity index (χ1n) is 9.69. The zero-order valence-electron chi connectivity index (χ0n) is 16.9. The molecule has 8 heteroatoms. The molecule has 0 N–H and O–H groups in total. The van der Waals surface area contributed by atoms with Crippen LogP contribution in [0.15, 0.2) is 65.6 Å². The van der Waals surface area contributed by atoms with Crippen molar-refractivity contribution < 1.29 is 9.13 Å². The largest absolute Gasteiger partial charge is 0.497 e. The molecule has 0 saturated carbocycles. The van der Waals surface area contributed by atoms with Crippen LogP contribution >= 0.6 is 0 Å². The number of aromatic nitrogens is 5. The first kappa shape index (κ1) is 18.9. The van der Waals surface area contributed by atoms with E-state index in [-0.39, 0.29) is 17.9 Å². The summed E-state index contributed by atoms with van der Waals surface area (Å²) in [5.74, 6) is 1.23. The van der Waals surface area contributed by atoms with Crippen LogP contribution in [0.5, 0.6) is 5.75 Å². The van der Waals surface area contributed by atoms with Crippen molar-refractivity contribution in [2.45, 2.75) is 13.5 Å². The van der Waals surface area contributed by atoms with Gasteiger partial charge in [-0.05, 0) is 31.2 Å². The summed E-state index contributed by atoms with van der Waals surface area (Å²) in [6.45, 7) is 1.87. The number of methoxy groups -OCH3 is 1. The lowest BCUT2D eigenvalue weighted by atomic mass is 10.1. The number of aryl methyl sites for hydroxylation is 1. The molecule has 0 fully saturated rings. The maximum Gasteiger partial charge on any atom is 0.262 e. The van der Waals surface area contributed by atoms with Gasteiger partial charge in [-0.1, -0.05) is 30.3 Å². The van der Waals surface area contributed by atoms with Crippen molar-refractivity contribution in [3.63, 3.8) is 0 Å². The summed E-state index contributed by atoms with van der Waals surface area (Å²) in [5, 5.41) is 4.84. The van der Waals surface area contributed by atoms with Gasteiger partial charge < -0.3 is 9.30 Å². The van der Waals surface area contributed by atoms with Crippen molar-refractivity contribution in [2.75, 3.05) is 7.11 Å². The second kappa shape index (κ2) is 7.32. The SMILES string of the molecule is COc1cccc(-c2c3c(=O)n(Cc4ccccc4F)ccc3nc3nc(C)nn23)c1. The topological polar surface area (TPSA) is 74.3 Å². The lowest BCUT2D eigenvalue weighted by molar-refractivity contribution is 0.415. The van der Waals surface area contributed by atoms with Crippen LogP contribution in [0.1, 0.15) is 11.4 Å². The Kier molecular flexibility index (Phi) is 4.47. The van der Waals surface area contributed by atoms with E-state index in [0.717, 1.165) is 5.56 Å². The highest BCUT2D eigenvalue weighted by Gasteiger charge is 2.19. The van der Waals surface area contributed by atoms with Gasteiger partial charge in [-0.25, -0.2) is 9.37 Å². The number of hydrogen-bond acceptors (Lipinski definition) is 5. The maximum atomic E-state index is 14.2. The monoisotopic (exact) mass is 415 g/mol. The molecule has 0 bridgehead atoms. The van der Waals surface area contributed by atoms with Crippen LogP contribution in [0.25, 0.3) is 27.9 Å². The van der Waals surface area contributed by atoms with Gasteiger partial charge in [0.1, 0.15) is 17.4 Å². The molecule has 3 heterocycles. The smallest absolute Gasteiger partial charge is 0.262 e. The molecule has 0 amide bonds. The summed E-state index contributed by atoms with van der Waals surface area (Å²) in [5.41, 5.74) is 1.93. The van der Waals surface area contributed by atoms with Gasteiger partial charge in [-0.15, -0.1) is 5.10 Å². The Morgan fingerprint density at radius 2 is 1.90 bits per heavy atom. The standard InChI is InChI=1S/C23H18FN5O2/c1-14-25-23-26-19-10-11-28(13-16-6-3-4-9-18(16)24)22(30)20(19)21(29(23)27-14)15-7-5-8-17(12-15)31-2/h3-12H,13H2,1-2H3. The van der Waals surface area contributed by atoms with Crippen molar-refractivity contribution in [3.05, 3.63) is 88.4 Å². The predicted octanol–water partition coefficient (Wildman–Crippen LogP) is 3.61. The van der Waals surface area contributed by atoms with Gasteiger partial charge in [0.05, 0.1) is 30.3 Å². The van der Waals surface area contributed by atoms with E-state index in [4.69, 9.17) is 4.74 Å². The third-order valence-corrected chi connectivity index (χ3v) is 5.15. The Balaban J connectivity index is 1.82. The highest BCUT2D eigenvalue weighted by atomic mass is 19.1. The minimum atomic E-state index is -0.358. The summed E-state index contributed by atoms with van der Waals surface area (Å²) in [6.07, 6.45) is 1.62. The lowest BCUT2D eigenvalue weighted by Crippen LogP contribution is -2.22. The van der Waals surface area contributed by atoms with Crippen LogP contribution in [0.3, 0.4) is 0 Å². The van der Waals surface area contributed by atoms with Crippen molar-refractivity contribution in [1.29, 1.82) is 0 Å². The molecule has 31 heavy (non-hydrogen) atoms. The van der Waals surface area contributed by atoms with E-state index < -0.39 is 0 Å². The van der Waals surface area contributed by atoms with Crippen LogP contribution in [-0.4, -0.2) is 31.3 Å². The number of rotatable bonds is 4. The van der Waals surface area contributed by atoms with E-state index >= 15 is 0 Å². The van der Waals surface area contributed by atoms with Gasteiger partial charge in [0.25, 0.3) is 11.3 Å². The molecule has 5 rings (SSSR count). The molecule has 0 aliphatic heterocycles. The van der Waals surface area contributed by atoms with Crippen molar-refractivity contribution >= 4 is 16.7 Å².